The Kier molecular flexibility index (Phi) is 6.41. The number of hydrogen-bond acceptors (Lipinski definition) is 4. The summed E-state index contributed by atoms with van der Waals surface area (Å²) in [6.45, 7) is 4.86. The summed E-state index contributed by atoms with van der Waals surface area (Å²) in [7, 11) is 1.66. The lowest BCUT2D eigenvalue weighted by Crippen LogP contribution is -2.48. The molecule has 0 aromatic heterocycles. The van der Waals surface area contributed by atoms with Crippen molar-refractivity contribution in [3.8, 4) is 0 Å². The maximum Gasteiger partial charge on any atom is 0.416 e. The van der Waals surface area contributed by atoms with Crippen LogP contribution in [0.4, 0.5) is 13.2 Å². The van der Waals surface area contributed by atoms with Crippen molar-refractivity contribution < 1.29 is 23.0 Å². The van der Waals surface area contributed by atoms with Crippen molar-refractivity contribution in [3.63, 3.8) is 0 Å². The number of nitrogens with zero attached hydrogens (tertiary/aromatic N) is 2. The lowest BCUT2D eigenvalue weighted by Gasteiger charge is -2.35. The van der Waals surface area contributed by atoms with Gasteiger partial charge in [-0.25, -0.2) is 0 Å². The Morgan fingerprint density at radius 3 is 2.35 bits per heavy atom. The highest BCUT2D eigenvalue weighted by molar-refractivity contribution is 5.31. The van der Waals surface area contributed by atoms with Crippen LogP contribution in [0.1, 0.15) is 17.2 Å². The second kappa shape index (κ2) is 8.10. The van der Waals surface area contributed by atoms with Gasteiger partial charge in [-0.3, -0.25) is 9.80 Å². The van der Waals surface area contributed by atoms with E-state index in [9.17, 15) is 18.3 Å². The molecule has 0 radical (unpaired) electrons. The van der Waals surface area contributed by atoms with Crippen molar-refractivity contribution >= 4 is 0 Å². The minimum Gasteiger partial charge on any atom is -0.387 e. The normalized spacial score (nSPS) is 19.0. The molecule has 1 aliphatic rings. The molecule has 1 fully saturated rings. The van der Waals surface area contributed by atoms with Crippen molar-refractivity contribution in [1.29, 1.82) is 0 Å². The number of rotatable bonds is 6. The minimum absolute atomic E-state index is 0.0539. The van der Waals surface area contributed by atoms with Crippen LogP contribution in [-0.2, 0) is 10.9 Å². The molecule has 1 aliphatic heterocycles. The summed E-state index contributed by atoms with van der Waals surface area (Å²) < 4.78 is 44.1. The van der Waals surface area contributed by atoms with Gasteiger partial charge in [-0.1, -0.05) is 18.2 Å². The van der Waals surface area contributed by atoms with Crippen LogP contribution in [0.2, 0.25) is 0 Å². The number of methoxy groups -OCH3 is 1. The molecular weight excluding hydrogens is 309 g/mol. The molecule has 7 heteroatoms. The van der Waals surface area contributed by atoms with E-state index in [-0.39, 0.29) is 12.1 Å². The maximum absolute atomic E-state index is 13.0. The summed E-state index contributed by atoms with van der Waals surface area (Å²) in [5.74, 6) is 0. The van der Waals surface area contributed by atoms with E-state index in [4.69, 9.17) is 4.74 Å². The lowest BCUT2D eigenvalue weighted by molar-refractivity contribution is -0.139. The number of ether oxygens (including phenoxy) is 1. The van der Waals surface area contributed by atoms with Gasteiger partial charge in [0.1, 0.15) is 0 Å². The highest BCUT2D eigenvalue weighted by Gasteiger charge is 2.35. The average molecular weight is 332 g/mol. The largest absolute Gasteiger partial charge is 0.416 e. The third-order valence-corrected chi connectivity index (χ3v) is 4.13. The first-order chi connectivity index (χ1) is 10.9. The second-order valence-corrected chi connectivity index (χ2v) is 5.74. The third-order valence-electron chi connectivity index (χ3n) is 4.13. The highest BCUT2D eigenvalue weighted by atomic mass is 19.4. The van der Waals surface area contributed by atoms with Crippen molar-refractivity contribution in [2.24, 2.45) is 0 Å². The van der Waals surface area contributed by atoms with E-state index in [2.05, 4.69) is 4.90 Å². The summed E-state index contributed by atoms with van der Waals surface area (Å²) in [5.41, 5.74) is -0.812. The quantitative estimate of drug-likeness (QED) is 0.864. The molecule has 1 aromatic rings. The van der Waals surface area contributed by atoms with E-state index in [0.717, 1.165) is 38.8 Å². The molecule has 1 atom stereocenters. The van der Waals surface area contributed by atoms with E-state index in [0.29, 0.717) is 6.61 Å². The summed E-state index contributed by atoms with van der Waals surface area (Å²) in [6.07, 6.45) is -5.59. The van der Waals surface area contributed by atoms with E-state index in [1.165, 1.54) is 18.2 Å². The molecule has 0 amide bonds. The van der Waals surface area contributed by atoms with Gasteiger partial charge in [-0.05, 0) is 11.6 Å². The summed E-state index contributed by atoms with van der Waals surface area (Å²) in [6, 6.07) is 5.23. The first kappa shape index (κ1) is 18.2. The van der Waals surface area contributed by atoms with Crippen LogP contribution in [0.25, 0.3) is 0 Å². The average Bonchev–Trinajstić information content (AvgIpc) is 2.53. The monoisotopic (exact) mass is 332 g/mol. The SMILES string of the molecule is COCCN1CCN(CC(O)c2ccccc2C(F)(F)F)CC1. The number of halogens is 3. The Morgan fingerprint density at radius 1 is 1.13 bits per heavy atom. The van der Waals surface area contributed by atoms with Crippen LogP contribution in [-0.4, -0.2) is 67.9 Å². The van der Waals surface area contributed by atoms with Crippen molar-refractivity contribution in [2.45, 2.75) is 12.3 Å². The van der Waals surface area contributed by atoms with Gasteiger partial charge in [0.15, 0.2) is 0 Å². The topological polar surface area (TPSA) is 35.9 Å². The minimum atomic E-state index is -4.45. The van der Waals surface area contributed by atoms with Gasteiger partial charge in [0.2, 0.25) is 0 Å². The van der Waals surface area contributed by atoms with Crippen molar-refractivity contribution in [1.82, 2.24) is 9.80 Å². The smallest absolute Gasteiger partial charge is 0.387 e. The Bertz CT molecular complexity index is 488. The van der Waals surface area contributed by atoms with Crippen LogP contribution in [0, 0.1) is 0 Å². The molecule has 2 rings (SSSR count). The number of piperazine rings is 1. The van der Waals surface area contributed by atoms with Crippen LogP contribution in [0.3, 0.4) is 0 Å². The van der Waals surface area contributed by atoms with Gasteiger partial charge in [0.25, 0.3) is 0 Å². The van der Waals surface area contributed by atoms with Gasteiger partial charge in [0.05, 0.1) is 18.3 Å². The Labute approximate surface area is 134 Å². The van der Waals surface area contributed by atoms with E-state index < -0.39 is 17.8 Å². The molecule has 1 aromatic carbocycles. The predicted molar refractivity (Wildman–Crippen MR) is 81.2 cm³/mol. The fourth-order valence-corrected chi connectivity index (χ4v) is 2.80. The molecule has 1 heterocycles. The number of aliphatic hydroxyl groups is 1. The fraction of sp³-hybridized carbons (Fsp3) is 0.625. The Morgan fingerprint density at radius 2 is 1.74 bits per heavy atom. The van der Waals surface area contributed by atoms with E-state index in [1.807, 2.05) is 4.90 Å². The molecule has 1 unspecified atom stereocenters. The lowest BCUT2D eigenvalue weighted by atomic mass is 10.0. The number of aliphatic hydroxyl groups excluding tert-OH is 1. The summed E-state index contributed by atoms with van der Waals surface area (Å²) in [4.78, 5) is 4.25. The van der Waals surface area contributed by atoms with Gasteiger partial charge in [-0.15, -0.1) is 0 Å². The molecule has 4 nitrogen and oxygen atoms in total. The first-order valence-electron chi connectivity index (χ1n) is 7.69. The molecule has 0 aliphatic carbocycles. The molecule has 0 spiro atoms. The molecule has 23 heavy (non-hydrogen) atoms. The zero-order valence-corrected chi connectivity index (χ0v) is 13.2. The summed E-state index contributed by atoms with van der Waals surface area (Å²) in [5, 5.41) is 10.2. The third kappa shape index (κ3) is 5.17. The van der Waals surface area contributed by atoms with Crippen LogP contribution in [0.15, 0.2) is 24.3 Å². The van der Waals surface area contributed by atoms with Gasteiger partial charge < -0.3 is 9.84 Å². The van der Waals surface area contributed by atoms with E-state index in [1.54, 1.807) is 7.11 Å². The summed E-state index contributed by atoms with van der Waals surface area (Å²) >= 11 is 0. The van der Waals surface area contributed by atoms with E-state index >= 15 is 0 Å². The van der Waals surface area contributed by atoms with Crippen LogP contribution < -0.4 is 0 Å². The first-order valence-corrected chi connectivity index (χ1v) is 7.69. The van der Waals surface area contributed by atoms with Gasteiger partial charge >= 0.3 is 6.18 Å². The molecule has 130 valence electrons. The Hall–Kier alpha value is -1.15. The number of alkyl halides is 3. The number of β-amino-alcohol motifs (C(OH)–C–C–N with tert-alkyl or cyclic N) is 1. The fourth-order valence-electron chi connectivity index (χ4n) is 2.80. The van der Waals surface area contributed by atoms with Gasteiger partial charge in [0, 0.05) is 46.4 Å². The molecule has 0 bridgehead atoms. The number of benzene rings is 1. The molecule has 1 N–H and O–H groups in total. The van der Waals surface area contributed by atoms with Crippen molar-refractivity contribution in [3.05, 3.63) is 35.4 Å². The van der Waals surface area contributed by atoms with Crippen molar-refractivity contribution in [2.75, 3.05) is 53.0 Å². The zero-order valence-electron chi connectivity index (χ0n) is 13.2. The van der Waals surface area contributed by atoms with Gasteiger partial charge in [-0.2, -0.15) is 13.2 Å². The number of hydrogen-bond donors (Lipinski definition) is 1. The predicted octanol–water partition coefficient (Wildman–Crippen LogP) is 2.00. The highest BCUT2D eigenvalue weighted by Crippen LogP contribution is 2.34. The molecule has 1 saturated heterocycles. The molecular formula is C16H23F3N2O2. The van der Waals surface area contributed by atoms with Crippen LogP contribution in [0.5, 0.6) is 0 Å². The van der Waals surface area contributed by atoms with Crippen LogP contribution >= 0.6 is 0 Å². The Balaban J connectivity index is 1.92. The zero-order chi connectivity index (χ0) is 16.9. The standard InChI is InChI=1S/C16H23F3N2O2/c1-23-11-10-20-6-8-21(9-7-20)12-15(22)13-4-2-3-5-14(13)16(17,18)19/h2-5,15,22H,6-12H2,1H3. The maximum atomic E-state index is 13.0. The molecule has 0 saturated carbocycles. The second-order valence-electron chi connectivity index (χ2n) is 5.74.